The SMILES string of the molecule is FC(F)(F)c1cc(Cl)nc(Cl)c1CCl. The summed E-state index contributed by atoms with van der Waals surface area (Å²) in [6.07, 6.45) is -4.53. The summed E-state index contributed by atoms with van der Waals surface area (Å²) in [5.41, 5.74) is -1.21. The van der Waals surface area contributed by atoms with Crippen LogP contribution < -0.4 is 0 Å². The van der Waals surface area contributed by atoms with Gasteiger partial charge >= 0.3 is 6.18 Å². The molecule has 7 heteroatoms. The molecule has 0 amide bonds. The van der Waals surface area contributed by atoms with Gasteiger partial charge in [-0.3, -0.25) is 0 Å². The Hall–Kier alpha value is -0.190. The van der Waals surface area contributed by atoms with Crippen molar-refractivity contribution in [3.05, 3.63) is 27.5 Å². The molecular formula is C7H3Cl3F3N. The third-order valence-corrected chi connectivity index (χ3v) is 2.26. The minimum absolute atomic E-state index is 0.259. The Bertz CT molecular complexity index is 351. The van der Waals surface area contributed by atoms with Gasteiger partial charge in [0.1, 0.15) is 10.3 Å². The van der Waals surface area contributed by atoms with E-state index in [2.05, 4.69) is 4.98 Å². The van der Waals surface area contributed by atoms with Crippen LogP contribution in [0.3, 0.4) is 0 Å². The Morgan fingerprint density at radius 3 is 2.29 bits per heavy atom. The van der Waals surface area contributed by atoms with E-state index in [0.29, 0.717) is 6.07 Å². The third-order valence-electron chi connectivity index (χ3n) is 1.48. The number of aromatic nitrogens is 1. The fraction of sp³-hybridized carbons (Fsp3) is 0.286. The zero-order chi connectivity index (χ0) is 10.9. The van der Waals surface area contributed by atoms with Crippen LogP contribution in [-0.4, -0.2) is 4.98 Å². The monoisotopic (exact) mass is 263 g/mol. The van der Waals surface area contributed by atoms with Crippen LogP contribution in [0.25, 0.3) is 0 Å². The van der Waals surface area contributed by atoms with Crippen molar-refractivity contribution in [2.45, 2.75) is 12.1 Å². The molecule has 1 rings (SSSR count). The zero-order valence-electron chi connectivity index (χ0n) is 6.50. The molecule has 1 aromatic rings. The van der Waals surface area contributed by atoms with Crippen molar-refractivity contribution >= 4 is 34.8 Å². The van der Waals surface area contributed by atoms with E-state index in [4.69, 9.17) is 34.8 Å². The normalized spacial score (nSPS) is 11.9. The number of hydrogen-bond acceptors (Lipinski definition) is 1. The van der Waals surface area contributed by atoms with Crippen molar-refractivity contribution in [3.8, 4) is 0 Å². The summed E-state index contributed by atoms with van der Waals surface area (Å²) < 4.78 is 37.2. The van der Waals surface area contributed by atoms with Gasteiger partial charge in [-0.25, -0.2) is 4.98 Å². The Labute approximate surface area is 92.8 Å². The van der Waals surface area contributed by atoms with Crippen LogP contribution in [0.4, 0.5) is 13.2 Å². The fourth-order valence-corrected chi connectivity index (χ4v) is 1.73. The van der Waals surface area contributed by atoms with Crippen molar-refractivity contribution in [3.63, 3.8) is 0 Å². The molecule has 0 aliphatic heterocycles. The summed E-state index contributed by atoms with van der Waals surface area (Å²) in [4.78, 5) is 3.46. The van der Waals surface area contributed by atoms with Gasteiger partial charge in [-0.05, 0) is 6.07 Å². The summed E-state index contributed by atoms with van der Waals surface area (Å²) in [5.74, 6) is -0.363. The molecule has 0 saturated heterocycles. The molecule has 14 heavy (non-hydrogen) atoms. The molecule has 0 aliphatic rings. The van der Waals surface area contributed by atoms with E-state index in [9.17, 15) is 13.2 Å². The van der Waals surface area contributed by atoms with E-state index in [1.807, 2.05) is 0 Å². The maximum atomic E-state index is 12.4. The van der Waals surface area contributed by atoms with Crippen molar-refractivity contribution in [1.82, 2.24) is 4.98 Å². The maximum Gasteiger partial charge on any atom is 0.416 e. The topological polar surface area (TPSA) is 12.9 Å². The molecule has 0 N–H and O–H groups in total. The Kier molecular flexibility index (Phi) is 3.50. The van der Waals surface area contributed by atoms with Crippen LogP contribution in [0.2, 0.25) is 10.3 Å². The van der Waals surface area contributed by atoms with E-state index in [1.54, 1.807) is 0 Å². The van der Waals surface area contributed by atoms with Crippen LogP contribution in [0.1, 0.15) is 11.1 Å². The van der Waals surface area contributed by atoms with Gasteiger partial charge in [-0.15, -0.1) is 11.6 Å². The van der Waals surface area contributed by atoms with Gasteiger partial charge in [0.05, 0.1) is 11.4 Å². The Balaban J connectivity index is 3.40. The predicted molar refractivity (Wildman–Crippen MR) is 48.8 cm³/mol. The minimum Gasteiger partial charge on any atom is -0.224 e. The quantitative estimate of drug-likeness (QED) is 0.548. The summed E-state index contributed by atoms with van der Waals surface area (Å²) in [5, 5.41) is -0.629. The molecule has 1 aromatic heterocycles. The lowest BCUT2D eigenvalue weighted by atomic mass is 10.1. The van der Waals surface area contributed by atoms with E-state index in [0.717, 1.165) is 0 Å². The first-order valence-electron chi connectivity index (χ1n) is 3.34. The van der Waals surface area contributed by atoms with Crippen molar-refractivity contribution in [2.24, 2.45) is 0 Å². The molecule has 1 heterocycles. The lowest BCUT2D eigenvalue weighted by Gasteiger charge is -2.12. The first-order chi connectivity index (χ1) is 6.36. The summed E-state index contributed by atoms with van der Waals surface area (Å²) in [6.45, 7) is 0. The number of rotatable bonds is 1. The molecule has 0 fully saturated rings. The highest BCUT2D eigenvalue weighted by Crippen LogP contribution is 2.36. The van der Waals surface area contributed by atoms with Crippen molar-refractivity contribution in [2.75, 3.05) is 0 Å². The number of nitrogens with zero attached hydrogens (tertiary/aromatic N) is 1. The molecule has 0 unspecified atom stereocenters. The molecule has 0 aromatic carbocycles. The highest BCUT2D eigenvalue weighted by atomic mass is 35.5. The largest absolute Gasteiger partial charge is 0.416 e. The third kappa shape index (κ3) is 2.43. The van der Waals surface area contributed by atoms with Crippen molar-refractivity contribution in [1.29, 1.82) is 0 Å². The second kappa shape index (κ2) is 4.13. The van der Waals surface area contributed by atoms with Gasteiger partial charge in [0.2, 0.25) is 0 Å². The molecule has 0 spiro atoms. The van der Waals surface area contributed by atoms with E-state index in [-0.39, 0.29) is 21.7 Å². The van der Waals surface area contributed by atoms with Crippen LogP contribution in [0.15, 0.2) is 6.07 Å². The number of alkyl halides is 4. The molecule has 0 saturated carbocycles. The number of halogens is 6. The van der Waals surface area contributed by atoms with E-state index < -0.39 is 11.7 Å². The Morgan fingerprint density at radius 2 is 1.86 bits per heavy atom. The standard InChI is InChI=1S/C7H3Cl3F3N/c8-2-3-4(7(11,12)13)1-5(9)14-6(3)10/h1H,2H2. The molecule has 78 valence electrons. The van der Waals surface area contributed by atoms with Gasteiger partial charge in [0.25, 0.3) is 0 Å². The van der Waals surface area contributed by atoms with Gasteiger partial charge in [-0.1, -0.05) is 23.2 Å². The number of hydrogen-bond donors (Lipinski definition) is 0. The van der Waals surface area contributed by atoms with Crippen LogP contribution in [0, 0.1) is 0 Å². The highest BCUT2D eigenvalue weighted by Gasteiger charge is 2.34. The Morgan fingerprint density at radius 1 is 1.29 bits per heavy atom. The fourth-order valence-electron chi connectivity index (χ4n) is 0.891. The second-order valence-electron chi connectivity index (χ2n) is 2.39. The summed E-state index contributed by atoms with van der Waals surface area (Å²) in [7, 11) is 0. The van der Waals surface area contributed by atoms with Gasteiger partial charge in [-0.2, -0.15) is 13.2 Å². The second-order valence-corrected chi connectivity index (χ2v) is 3.41. The predicted octanol–water partition coefficient (Wildman–Crippen LogP) is 4.15. The average molecular weight is 264 g/mol. The van der Waals surface area contributed by atoms with Gasteiger partial charge < -0.3 is 0 Å². The molecule has 0 radical (unpaired) electrons. The zero-order valence-corrected chi connectivity index (χ0v) is 8.77. The molecular weight excluding hydrogens is 261 g/mol. The minimum atomic E-state index is -4.53. The lowest BCUT2D eigenvalue weighted by molar-refractivity contribution is -0.138. The van der Waals surface area contributed by atoms with Gasteiger partial charge in [0.15, 0.2) is 0 Å². The average Bonchev–Trinajstić information content (AvgIpc) is 2.01. The maximum absolute atomic E-state index is 12.4. The first-order valence-corrected chi connectivity index (χ1v) is 4.63. The van der Waals surface area contributed by atoms with E-state index >= 15 is 0 Å². The van der Waals surface area contributed by atoms with Crippen LogP contribution in [-0.2, 0) is 12.1 Å². The van der Waals surface area contributed by atoms with Crippen molar-refractivity contribution < 1.29 is 13.2 Å². The molecule has 0 atom stereocenters. The van der Waals surface area contributed by atoms with Crippen LogP contribution in [0.5, 0.6) is 0 Å². The number of pyridine rings is 1. The van der Waals surface area contributed by atoms with E-state index in [1.165, 1.54) is 0 Å². The molecule has 1 nitrogen and oxygen atoms in total. The molecule has 0 bridgehead atoms. The van der Waals surface area contributed by atoms with Crippen LogP contribution >= 0.6 is 34.8 Å². The lowest BCUT2D eigenvalue weighted by Crippen LogP contribution is -2.09. The highest BCUT2D eigenvalue weighted by molar-refractivity contribution is 6.33. The molecule has 0 aliphatic carbocycles. The summed E-state index contributed by atoms with van der Waals surface area (Å²) >= 11 is 16.1. The summed E-state index contributed by atoms with van der Waals surface area (Å²) in [6, 6.07) is 0.700. The first kappa shape index (κ1) is 11.9. The van der Waals surface area contributed by atoms with Gasteiger partial charge in [0, 0.05) is 5.56 Å². The smallest absolute Gasteiger partial charge is 0.224 e.